The molecule has 3 nitrogen and oxygen atoms in total. The van der Waals surface area contributed by atoms with E-state index in [4.69, 9.17) is 0 Å². The standard InChI is InChI=1S/C46H35N3/c1-2-15-34(16-3-1)48(37-17-12-28-47-31-37)36-26-27-43-45(30-36)49(35-25-24-32-13-4-5-14-33(32)29-35)44-23-11-10-22-42(44)46(43)40-20-8-6-18-38(40)39-19-7-9-21-41(39)46/h1-8,10-20,22-30,47H,9,21,31H2. The van der Waals surface area contributed by atoms with Crippen LogP contribution in [0.4, 0.5) is 28.4 Å². The van der Waals surface area contributed by atoms with Gasteiger partial charge in [-0.3, -0.25) is 0 Å². The Bertz CT molecular complexity index is 2410. The van der Waals surface area contributed by atoms with E-state index in [9.17, 15) is 0 Å². The number of nitrogens with zero attached hydrogens (tertiary/aromatic N) is 2. The summed E-state index contributed by atoms with van der Waals surface area (Å²) < 4.78 is 0. The van der Waals surface area contributed by atoms with Crippen LogP contribution in [0.15, 0.2) is 181 Å². The number of allylic oxidation sites excluding steroid dienone is 6. The van der Waals surface area contributed by atoms with Crippen LogP contribution < -0.4 is 15.1 Å². The Hall–Kier alpha value is -6.06. The van der Waals surface area contributed by atoms with Crippen LogP contribution in [0.25, 0.3) is 16.3 Å². The fourth-order valence-corrected chi connectivity index (χ4v) is 8.81. The molecule has 49 heavy (non-hydrogen) atoms. The van der Waals surface area contributed by atoms with E-state index in [1.165, 1.54) is 61.2 Å². The topological polar surface area (TPSA) is 18.5 Å². The predicted octanol–water partition coefficient (Wildman–Crippen LogP) is 11.2. The molecule has 0 amide bonds. The van der Waals surface area contributed by atoms with E-state index in [1.54, 1.807) is 0 Å². The predicted molar refractivity (Wildman–Crippen MR) is 204 cm³/mol. The fourth-order valence-electron chi connectivity index (χ4n) is 8.81. The van der Waals surface area contributed by atoms with Crippen LogP contribution in [0.2, 0.25) is 0 Å². The van der Waals surface area contributed by atoms with Crippen molar-refractivity contribution >= 4 is 44.8 Å². The molecule has 6 aromatic carbocycles. The number of fused-ring (bicyclic) bond motifs is 9. The lowest BCUT2D eigenvalue weighted by Gasteiger charge is -2.46. The number of anilines is 5. The number of hydrogen-bond donors (Lipinski definition) is 1. The van der Waals surface area contributed by atoms with E-state index in [0.29, 0.717) is 0 Å². The molecule has 1 atom stereocenters. The highest BCUT2D eigenvalue weighted by Gasteiger charge is 2.52. The molecule has 0 saturated heterocycles. The molecule has 3 heteroatoms. The van der Waals surface area contributed by atoms with E-state index in [0.717, 1.165) is 36.4 Å². The summed E-state index contributed by atoms with van der Waals surface area (Å²) in [6.45, 7) is 0.750. The average Bonchev–Trinajstić information content (AvgIpc) is 3.47. The first kappa shape index (κ1) is 28.0. The summed E-state index contributed by atoms with van der Waals surface area (Å²) >= 11 is 0. The van der Waals surface area contributed by atoms with Crippen LogP contribution in [0.3, 0.4) is 0 Å². The second-order valence-electron chi connectivity index (χ2n) is 13.3. The van der Waals surface area contributed by atoms with Crippen molar-refractivity contribution < 1.29 is 0 Å². The summed E-state index contributed by atoms with van der Waals surface area (Å²) in [4.78, 5) is 4.92. The molecular formula is C46H35N3. The van der Waals surface area contributed by atoms with E-state index in [2.05, 4.69) is 179 Å². The van der Waals surface area contributed by atoms with Gasteiger partial charge < -0.3 is 15.1 Å². The summed E-state index contributed by atoms with van der Waals surface area (Å²) in [6, 6.07) is 51.8. The summed E-state index contributed by atoms with van der Waals surface area (Å²) in [5.41, 5.74) is 15.0. The van der Waals surface area contributed by atoms with Gasteiger partial charge in [-0.15, -0.1) is 0 Å². The van der Waals surface area contributed by atoms with Crippen LogP contribution in [0, 0.1) is 0 Å². The maximum atomic E-state index is 3.45. The van der Waals surface area contributed by atoms with E-state index >= 15 is 0 Å². The number of rotatable bonds is 4. The van der Waals surface area contributed by atoms with Gasteiger partial charge in [0.05, 0.1) is 23.3 Å². The molecule has 2 aliphatic heterocycles. The molecular weight excluding hydrogens is 595 g/mol. The quantitative estimate of drug-likeness (QED) is 0.209. The number of dihydropyridines is 1. The molecule has 234 valence electrons. The molecule has 2 aliphatic carbocycles. The third-order valence-electron chi connectivity index (χ3n) is 10.8. The zero-order valence-corrected chi connectivity index (χ0v) is 27.2. The van der Waals surface area contributed by atoms with Gasteiger partial charge in [-0.1, -0.05) is 109 Å². The zero-order chi connectivity index (χ0) is 32.4. The van der Waals surface area contributed by atoms with Crippen molar-refractivity contribution in [3.05, 3.63) is 204 Å². The number of para-hydroxylation sites is 2. The number of nitrogens with one attached hydrogen (secondary N) is 1. The second-order valence-corrected chi connectivity index (χ2v) is 13.3. The third-order valence-corrected chi connectivity index (χ3v) is 10.8. The minimum absolute atomic E-state index is 0.388. The number of benzene rings is 6. The Morgan fingerprint density at radius 3 is 2.29 bits per heavy atom. The van der Waals surface area contributed by atoms with Crippen molar-refractivity contribution in [2.24, 2.45) is 0 Å². The largest absolute Gasteiger partial charge is 0.385 e. The molecule has 0 saturated carbocycles. The smallest absolute Gasteiger partial charge is 0.0717 e. The third kappa shape index (κ3) is 4.09. The lowest BCUT2D eigenvalue weighted by atomic mass is 9.62. The SMILES string of the molecule is C1=CNCC(N(c2ccccc2)c2ccc3c(c2)N(c2ccc4ccccc4c2)c2ccccc2C32C3=C(C=CCC3)c3ccccc32)=C1. The highest BCUT2D eigenvalue weighted by Crippen LogP contribution is 2.64. The minimum Gasteiger partial charge on any atom is -0.385 e. The maximum absolute atomic E-state index is 3.45. The van der Waals surface area contributed by atoms with Gasteiger partial charge in [0.15, 0.2) is 0 Å². The van der Waals surface area contributed by atoms with E-state index in [1.807, 2.05) is 6.20 Å². The summed E-state index contributed by atoms with van der Waals surface area (Å²) in [5.74, 6) is 0. The Morgan fingerprint density at radius 2 is 1.41 bits per heavy atom. The van der Waals surface area contributed by atoms with Crippen molar-refractivity contribution in [1.29, 1.82) is 0 Å². The average molecular weight is 630 g/mol. The van der Waals surface area contributed by atoms with E-state index in [-0.39, 0.29) is 5.41 Å². The summed E-state index contributed by atoms with van der Waals surface area (Å²) in [7, 11) is 0. The Balaban J connectivity index is 1.30. The van der Waals surface area contributed by atoms with Crippen LogP contribution in [-0.2, 0) is 5.41 Å². The first-order chi connectivity index (χ1) is 24.3. The molecule has 0 fully saturated rings. The highest BCUT2D eigenvalue weighted by molar-refractivity contribution is 5.99. The van der Waals surface area contributed by atoms with Crippen LogP contribution in [0.5, 0.6) is 0 Å². The summed E-state index contributed by atoms with van der Waals surface area (Å²) in [6.07, 6.45) is 13.2. The fraction of sp³-hybridized carbons (Fsp3) is 0.0870. The molecule has 2 heterocycles. The second kappa shape index (κ2) is 11.0. The number of hydrogen-bond acceptors (Lipinski definition) is 3. The first-order valence-electron chi connectivity index (χ1n) is 17.3. The maximum Gasteiger partial charge on any atom is 0.0717 e. The van der Waals surface area contributed by atoms with Gasteiger partial charge in [0, 0.05) is 22.8 Å². The molecule has 4 aliphatic rings. The molecule has 1 spiro atoms. The van der Waals surface area contributed by atoms with Crippen molar-refractivity contribution in [2.45, 2.75) is 18.3 Å². The monoisotopic (exact) mass is 629 g/mol. The zero-order valence-electron chi connectivity index (χ0n) is 27.2. The van der Waals surface area contributed by atoms with Gasteiger partial charge in [0.1, 0.15) is 0 Å². The molecule has 1 N–H and O–H groups in total. The normalized spacial score (nSPS) is 18.4. The van der Waals surface area contributed by atoms with Gasteiger partial charge in [-0.25, -0.2) is 0 Å². The van der Waals surface area contributed by atoms with Gasteiger partial charge in [0.25, 0.3) is 0 Å². The molecule has 10 rings (SSSR count). The summed E-state index contributed by atoms with van der Waals surface area (Å²) in [5, 5.41) is 5.93. The van der Waals surface area contributed by atoms with Crippen molar-refractivity contribution in [3.8, 4) is 0 Å². The molecule has 0 radical (unpaired) electrons. The highest BCUT2D eigenvalue weighted by atomic mass is 15.2. The minimum atomic E-state index is -0.388. The van der Waals surface area contributed by atoms with Gasteiger partial charge in [-0.2, -0.15) is 0 Å². The van der Waals surface area contributed by atoms with Crippen LogP contribution in [-0.4, -0.2) is 6.54 Å². The van der Waals surface area contributed by atoms with Crippen molar-refractivity contribution in [2.75, 3.05) is 16.3 Å². The first-order valence-corrected chi connectivity index (χ1v) is 17.3. The molecule has 0 aromatic heterocycles. The Labute approximate surface area is 287 Å². The lowest BCUT2D eigenvalue weighted by Crippen LogP contribution is -2.37. The Morgan fingerprint density at radius 1 is 0.633 bits per heavy atom. The van der Waals surface area contributed by atoms with Crippen LogP contribution in [0.1, 0.15) is 35.1 Å². The van der Waals surface area contributed by atoms with Crippen molar-refractivity contribution in [1.82, 2.24) is 5.32 Å². The molecule has 1 unspecified atom stereocenters. The van der Waals surface area contributed by atoms with E-state index < -0.39 is 0 Å². The van der Waals surface area contributed by atoms with Crippen LogP contribution >= 0.6 is 0 Å². The Kier molecular flexibility index (Phi) is 6.29. The van der Waals surface area contributed by atoms with Crippen molar-refractivity contribution in [3.63, 3.8) is 0 Å². The lowest BCUT2D eigenvalue weighted by molar-refractivity contribution is 0.687. The molecule has 0 bridgehead atoms. The van der Waals surface area contributed by atoms with Gasteiger partial charge >= 0.3 is 0 Å². The van der Waals surface area contributed by atoms with Gasteiger partial charge in [0.2, 0.25) is 0 Å². The van der Waals surface area contributed by atoms with Gasteiger partial charge in [-0.05, 0) is 118 Å². The molecule has 6 aromatic rings.